The SMILES string of the molecule is N#C/C(=C\C1CC1)C(=O)N1CCC[C@@H](NC(=O)c2sc3nccc4c3c2NC(=O)N4c2ccc(C(=O)Nc3cc(C(F)(F)F)ccn3)cc2F)C1. The van der Waals surface area contributed by atoms with Crippen LogP contribution in [0.15, 0.2) is 60.4 Å². The Labute approximate surface area is 290 Å². The molecule has 1 aromatic carbocycles. The Morgan fingerprint density at radius 3 is 2.55 bits per heavy atom. The molecule has 0 radical (unpaired) electrons. The minimum absolute atomic E-state index is 0.103. The molecule has 12 nitrogen and oxygen atoms in total. The number of allylic oxidation sites excluding steroid dienone is 1. The Balaban J connectivity index is 1.10. The molecule has 1 saturated heterocycles. The third-order valence-corrected chi connectivity index (χ3v) is 9.75. The van der Waals surface area contributed by atoms with Crippen molar-refractivity contribution < 1.29 is 36.7 Å². The van der Waals surface area contributed by atoms with Crippen LogP contribution in [0.1, 0.15) is 51.3 Å². The second-order valence-electron chi connectivity index (χ2n) is 12.2. The van der Waals surface area contributed by atoms with E-state index in [1.165, 1.54) is 24.4 Å². The number of likely N-dealkylation sites (tertiary alicyclic amines) is 1. The number of halogens is 4. The van der Waals surface area contributed by atoms with Crippen LogP contribution >= 0.6 is 11.3 Å². The van der Waals surface area contributed by atoms with Gasteiger partial charge in [-0.05, 0) is 68.0 Å². The fourth-order valence-electron chi connectivity index (χ4n) is 6.03. The Kier molecular flexibility index (Phi) is 8.63. The molecule has 260 valence electrons. The van der Waals surface area contributed by atoms with E-state index in [2.05, 4.69) is 25.9 Å². The summed E-state index contributed by atoms with van der Waals surface area (Å²) in [4.78, 5) is 64.1. The maximum atomic E-state index is 15.6. The van der Waals surface area contributed by atoms with Crippen molar-refractivity contribution in [3.63, 3.8) is 0 Å². The molecule has 17 heteroatoms. The lowest BCUT2D eigenvalue weighted by Crippen LogP contribution is -2.50. The van der Waals surface area contributed by atoms with Gasteiger partial charge in [-0.1, -0.05) is 6.08 Å². The molecule has 5 amide bonds. The molecule has 0 spiro atoms. The zero-order valence-electron chi connectivity index (χ0n) is 26.4. The summed E-state index contributed by atoms with van der Waals surface area (Å²) in [7, 11) is 0. The molecule has 4 aromatic rings. The lowest BCUT2D eigenvalue weighted by Gasteiger charge is -2.33. The van der Waals surface area contributed by atoms with Crippen LogP contribution in [0.3, 0.4) is 0 Å². The van der Waals surface area contributed by atoms with E-state index in [0.717, 1.165) is 47.4 Å². The number of rotatable bonds is 7. The zero-order valence-corrected chi connectivity index (χ0v) is 27.2. The molecule has 7 rings (SSSR count). The number of nitriles is 1. The summed E-state index contributed by atoms with van der Waals surface area (Å²) in [5, 5.41) is 17.7. The Bertz CT molecular complexity index is 2190. The van der Waals surface area contributed by atoms with Crippen molar-refractivity contribution in [2.24, 2.45) is 5.92 Å². The number of carbonyl (C=O) groups excluding carboxylic acids is 4. The number of pyridine rings is 2. The average molecular weight is 719 g/mol. The summed E-state index contributed by atoms with van der Waals surface area (Å²) in [5.74, 6) is -2.92. The van der Waals surface area contributed by atoms with Gasteiger partial charge in [-0.15, -0.1) is 11.3 Å². The van der Waals surface area contributed by atoms with Gasteiger partial charge in [-0.25, -0.2) is 19.2 Å². The second-order valence-corrected chi connectivity index (χ2v) is 13.2. The number of amides is 5. The van der Waals surface area contributed by atoms with Crippen LogP contribution in [0.25, 0.3) is 10.2 Å². The summed E-state index contributed by atoms with van der Waals surface area (Å²) in [6.45, 7) is 0.666. The van der Waals surface area contributed by atoms with E-state index in [1.807, 2.05) is 6.07 Å². The molecule has 2 fully saturated rings. The smallest absolute Gasteiger partial charge is 0.347 e. The number of hydrogen-bond donors (Lipinski definition) is 3. The molecule has 2 aliphatic heterocycles. The van der Waals surface area contributed by atoms with Crippen molar-refractivity contribution in [2.75, 3.05) is 28.6 Å². The van der Waals surface area contributed by atoms with Crippen LogP contribution in [0.4, 0.5) is 45.2 Å². The number of hydrogen-bond acceptors (Lipinski definition) is 8. The van der Waals surface area contributed by atoms with Crippen LogP contribution in [-0.2, 0) is 11.0 Å². The summed E-state index contributed by atoms with van der Waals surface area (Å²) in [6, 6.07) is 6.87. The number of carbonyl (C=O) groups is 4. The first-order chi connectivity index (χ1) is 24.4. The lowest BCUT2D eigenvalue weighted by atomic mass is 10.0. The Hall–Kier alpha value is -5.89. The fourth-order valence-corrected chi connectivity index (χ4v) is 7.05. The number of urea groups is 1. The summed E-state index contributed by atoms with van der Waals surface area (Å²) >= 11 is 1.02. The van der Waals surface area contributed by atoms with Gasteiger partial charge in [0.1, 0.15) is 33.0 Å². The number of aromatic nitrogens is 2. The predicted molar refractivity (Wildman–Crippen MR) is 178 cm³/mol. The first-order valence-electron chi connectivity index (χ1n) is 15.8. The highest BCUT2D eigenvalue weighted by molar-refractivity contribution is 7.21. The molecule has 3 N–H and O–H groups in total. The van der Waals surface area contributed by atoms with Crippen molar-refractivity contribution in [1.82, 2.24) is 20.2 Å². The van der Waals surface area contributed by atoms with Gasteiger partial charge < -0.3 is 20.9 Å². The topological polar surface area (TPSA) is 160 Å². The minimum atomic E-state index is -4.66. The van der Waals surface area contributed by atoms with Crippen molar-refractivity contribution >= 4 is 68.2 Å². The molecule has 3 aromatic heterocycles. The standard InChI is InChI=1S/C34H26F4N8O4S/c35-22-13-18(29(47)43-25-14-20(7-9-40-25)34(36,37)38)5-6-23(22)46-24-8-10-41-31-26(24)27(44-33(46)50)28(51-31)30(48)42-21-2-1-11-45(16-21)32(49)19(15-39)12-17-3-4-17/h5-10,12-14,17,21H,1-4,11,16H2,(H,42,48)(H,44,50)(H,40,43,47)/b19-12+/t21-/m1/s1. The van der Waals surface area contributed by atoms with Crippen LogP contribution in [0.5, 0.6) is 0 Å². The highest BCUT2D eigenvalue weighted by atomic mass is 32.1. The van der Waals surface area contributed by atoms with Gasteiger partial charge in [-0.3, -0.25) is 19.3 Å². The molecule has 0 bridgehead atoms. The molecule has 3 aliphatic rings. The number of alkyl halides is 3. The van der Waals surface area contributed by atoms with Crippen molar-refractivity contribution in [1.29, 1.82) is 5.26 Å². The summed E-state index contributed by atoms with van der Waals surface area (Å²) in [5.41, 5.74) is -0.999. The maximum absolute atomic E-state index is 15.6. The van der Waals surface area contributed by atoms with Gasteiger partial charge in [0, 0.05) is 37.1 Å². The van der Waals surface area contributed by atoms with E-state index in [-0.39, 0.29) is 57.3 Å². The molecule has 0 unspecified atom stereocenters. The van der Waals surface area contributed by atoms with E-state index in [1.54, 1.807) is 11.0 Å². The molecule has 1 saturated carbocycles. The second kappa shape index (κ2) is 13.1. The van der Waals surface area contributed by atoms with Crippen molar-refractivity contribution in [3.05, 3.63) is 82.3 Å². The Morgan fingerprint density at radius 2 is 1.82 bits per heavy atom. The van der Waals surface area contributed by atoms with Crippen LogP contribution in [-0.4, -0.2) is 57.8 Å². The first kappa shape index (κ1) is 33.6. The fraction of sp³-hybridized carbons (Fsp3) is 0.265. The van der Waals surface area contributed by atoms with E-state index in [0.29, 0.717) is 35.7 Å². The monoisotopic (exact) mass is 718 g/mol. The van der Waals surface area contributed by atoms with E-state index >= 15 is 4.39 Å². The van der Waals surface area contributed by atoms with E-state index in [4.69, 9.17) is 0 Å². The van der Waals surface area contributed by atoms with Gasteiger partial charge in [0.15, 0.2) is 0 Å². The number of nitrogens with zero attached hydrogens (tertiary/aromatic N) is 5. The minimum Gasteiger partial charge on any atom is -0.347 e. The largest absolute Gasteiger partial charge is 0.416 e. The van der Waals surface area contributed by atoms with E-state index < -0.39 is 41.4 Å². The van der Waals surface area contributed by atoms with Gasteiger partial charge in [0.2, 0.25) is 0 Å². The zero-order chi connectivity index (χ0) is 36.0. The molecule has 51 heavy (non-hydrogen) atoms. The van der Waals surface area contributed by atoms with Gasteiger partial charge in [0.25, 0.3) is 17.7 Å². The number of benzene rings is 1. The number of nitrogens with one attached hydrogen (secondary N) is 3. The van der Waals surface area contributed by atoms with Crippen LogP contribution < -0.4 is 20.9 Å². The Morgan fingerprint density at radius 1 is 1.04 bits per heavy atom. The highest BCUT2D eigenvalue weighted by Gasteiger charge is 2.36. The molecule has 1 atom stereocenters. The molecular formula is C34H26F4N8O4S. The third-order valence-electron chi connectivity index (χ3n) is 8.65. The third kappa shape index (κ3) is 6.69. The lowest BCUT2D eigenvalue weighted by molar-refractivity contribution is -0.137. The average Bonchev–Trinajstić information content (AvgIpc) is 3.86. The summed E-state index contributed by atoms with van der Waals surface area (Å²) < 4.78 is 54.8. The number of anilines is 4. The molecule has 5 heterocycles. The molecule has 1 aliphatic carbocycles. The van der Waals surface area contributed by atoms with Crippen molar-refractivity contribution in [3.8, 4) is 6.07 Å². The van der Waals surface area contributed by atoms with E-state index in [9.17, 15) is 37.6 Å². The predicted octanol–water partition coefficient (Wildman–Crippen LogP) is 6.37. The summed E-state index contributed by atoms with van der Waals surface area (Å²) in [6.07, 6.45) is 2.45. The number of piperidine rings is 1. The van der Waals surface area contributed by atoms with Gasteiger partial charge in [0.05, 0.1) is 28.0 Å². The number of thiophene rings is 1. The van der Waals surface area contributed by atoms with Crippen LogP contribution in [0.2, 0.25) is 0 Å². The normalized spacial score (nSPS) is 17.5. The van der Waals surface area contributed by atoms with Gasteiger partial charge in [-0.2, -0.15) is 18.4 Å². The molecular weight excluding hydrogens is 692 g/mol. The first-order valence-corrected chi connectivity index (χ1v) is 16.6. The maximum Gasteiger partial charge on any atom is 0.416 e. The highest BCUT2D eigenvalue weighted by Crippen LogP contribution is 2.46. The van der Waals surface area contributed by atoms with Crippen molar-refractivity contribution in [2.45, 2.75) is 37.9 Å². The quantitative estimate of drug-likeness (QED) is 0.114. The van der Waals surface area contributed by atoms with Crippen LogP contribution in [0, 0.1) is 23.1 Å². The van der Waals surface area contributed by atoms with Gasteiger partial charge >= 0.3 is 12.2 Å².